The molecule has 0 N–H and O–H groups in total. The van der Waals surface area contributed by atoms with Gasteiger partial charge < -0.3 is 18.9 Å². The maximum absolute atomic E-state index is 12.4. The van der Waals surface area contributed by atoms with Crippen molar-refractivity contribution in [3.05, 3.63) is 17.5 Å². The molecule has 0 saturated carbocycles. The highest BCUT2D eigenvalue weighted by molar-refractivity contribution is 5.92. The van der Waals surface area contributed by atoms with Crippen LogP contribution in [0, 0.1) is 0 Å². The smallest absolute Gasteiger partial charge is 0.275 e. The van der Waals surface area contributed by atoms with Crippen LogP contribution in [0.1, 0.15) is 29.1 Å². The lowest BCUT2D eigenvalue weighted by atomic mass is 10.2. The van der Waals surface area contributed by atoms with Crippen LogP contribution in [-0.2, 0) is 16.0 Å². The number of ether oxygens (including phenoxy) is 2. The van der Waals surface area contributed by atoms with E-state index in [9.17, 15) is 4.79 Å². The van der Waals surface area contributed by atoms with E-state index >= 15 is 0 Å². The largest absolute Gasteiger partial charge is 0.379 e. The van der Waals surface area contributed by atoms with Gasteiger partial charge in [-0.15, -0.1) is 0 Å². The first-order chi connectivity index (χ1) is 10.7. The zero-order valence-electron chi connectivity index (χ0n) is 13.0. The fourth-order valence-corrected chi connectivity index (χ4v) is 2.84. The first-order valence-corrected chi connectivity index (χ1v) is 7.85. The van der Waals surface area contributed by atoms with Crippen LogP contribution in [0.3, 0.4) is 0 Å². The summed E-state index contributed by atoms with van der Waals surface area (Å²) in [6, 6.07) is 1.74. The predicted octanol–water partition coefficient (Wildman–Crippen LogP) is 0.758. The van der Waals surface area contributed by atoms with Gasteiger partial charge in [-0.3, -0.25) is 9.69 Å². The van der Waals surface area contributed by atoms with Crippen LogP contribution < -0.4 is 0 Å². The van der Waals surface area contributed by atoms with E-state index < -0.39 is 0 Å². The molecule has 0 aliphatic carbocycles. The minimum Gasteiger partial charge on any atom is -0.379 e. The Balaban J connectivity index is 1.53. The Bertz CT molecular complexity index is 493. The molecule has 0 spiro atoms. The minimum absolute atomic E-state index is 0.118. The third-order valence-electron chi connectivity index (χ3n) is 4.11. The number of morpholine rings is 1. The maximum Gasteiger partial charge on any atom is 0.275 e. The average Bonchev–Trinajstić information content (AvgIpc) is 3.19. The number of amides is 1. The molecule has 0 bridgehead atoms. The summed E-state index contributed by atoms with van der Waals surface area (Å²) in [7, 11) is 1.78. The van der Waals surface area contributed by atoms with E-state index in [1.807, 2.05) is 0 Å². The second-order valence-electron chi connectivity index (χ2n) is 5.89. The summed E-state index contributed by atoms with van der Waals surface area (Å²) in [4.78, 5) is 16.2. The molecule has 1 aromatic rings. The van der Waals surface area contributed by atoms with Gasteiger partial charge in [-0.1, -0.05) is 5.16 Å². The zero-order valence-corrected chi connectivity index (χ0v) is 13.0. The van der Waals surface area contributed by atoms with Gasteiger partial charge in [0, 0.05) is 39.4 Å². The number of hydrogen-bond donors (Lipinski definition) is 0. The van der Waals surface area contributed by atoms with Crippen molar-refractivity contribution >= 4 is 5.91 Å². The van der Waals surface area contributed by atoms with Crippen LogP contribution in [0.5, 0.6) is 0 Å². The van der Waals surface area contributed by atoms with E-state index in [1.165, 1.54) is 0 Å². The first kappa shape index (κ1) is 15.5. The second kappa shape index (κ2) is 7.21. The topological polar surface area (TPSA) is 68.0 Å². The highest BCUT2D eigenvalue weighted by Crippen LogP contribution is 2.15. The van der Waals surface area contributed by atoms with Crippen molar-refractivity contribution in [2.24, 2.45) is 0 Å². The van der Waals surface area contributed by atoms with Crippen LogP contribution in [0.25, 0.3) is 0 Å². The lowest BCUT2D eigenvalue weighted by Gasteiger charge is -2.25. The van der Waals surface area contributed by atoms with Crippen molar-refractivity contribution in [3.8, 4) is 0 Å². The summed E-state index contributed by atoms with van der Waals surface area (Å²) < 4.78 is 16.2. The number of aromatic nitrogens is 1. The van der Waals surface area contributed by atoms with Gasteiger partial charge in [-0.2, -0.15) is 0 Å². The van der Waals surface area contributed by atoms with Crippen molar-refractivity contribution in [3.63, 3.8) is 0 Å². The molecule has 1 amide bonds. The van der Waals surface area contributed by atoms with Crippen LogP contribution >= 0.6 is 0 Å². The minimum atomic E-state index is -0.118. The van der Waals surface area contributed by atoms with E-state index in [1.54, 1.807) is 18.0 Å². The van der Waals surface area contributed by atoms with Gasteiger partial charge in [0.25, 0.3) is 5.91 Å². The van der Waals surface area contributed by atoms with Gasteiger partial charge in [0.05, 0.1) is 25.9 Å². The van der Waals surface area contributed by atoms with Crippen LogP contribution in [0.4, 0.5) is 0 Å². The summed E-state index contributed by atoms with van der Waals surface area (Å²) >= 11 is 0. The van der Waals surface area contributed by atoms with Crippen LogP contribution in [0.15, 0.2) is 10.6 Å². The SMILES string of the molecule is CN(C[C@@H]1CCCO1)C(=O)c1cc(CN2CCOCC2)on1. The van der Waals surface area contributed by atoms with Gasteiger partial charge in [0.2, 0.25) is 0 Å². The first-order valence-electron chi connectivity index (χ1n) is 7.85. The molecule has 0 unspecified atom stereocenters. The number of hydrogen-bond acceptors (Lipinski definition) is 6. The third kappa shape index (κ3) is 3.85. The Morgan fingerprint density at radius 2 is 2.23 bits per heavy atom. The number of nitrogens with zero attached hydrogens (tertiary/aromatic N) is 3. The van der Waals surface area contributed by atoms with Gasteiger partial charge in [0.1, 0.15) is 0 Å². The van der Waals surface area contributed by atoms with E-state index in [0.29, 0.717) is 18.8 Å². The molecule has 3 heterocycles. The Labute approximate surface area is 130 Å². The molecule has 0 radical (unpaired) electrons. The highest BCUT2D eigenvalue weighted by atomic mass is 16.5. The van der Waals surface area contributed by atoms with Crippen molar-refractivity contribution in [2.45, 2.75) is 25.5 Å². The summed E-state index contributed by atoms with van der Waals surface area (Å²) in [5.41, 5.74) is 0.365. The Kier molecular flexibility index (Phi) is 5.07. The quantitative estimate of drug-likeness (QED) is 0.800. The molecule has 2 saturated heterocycles. The van der Waals surface area contributed by atoms with Gasteiger partial charge >= 0.3 is 0 Å². The molecule has 2 aliphatic rings. The molecular weight excluding hydrogens is 286 g/mol. The molecule has 22 heavy (non-hydrogen) atoms. The number of likely N-dealkylation sites (N-methyl/N-ethyl adjacent to an activating group) is 1. The van der Waals surface area contributed by atoms with Crippen molar-refractivity contribution in [2.75, 3.05) is 46.5 Å². The van der Waals surface area contributed by atoms with Gasteiger partial charge in [0.15, 0.2) is 11.5 Å². The standard InChI is InChI=1S/C15H23N3O4/c1-17(10-12-3-2-6-21-12)15(19)14-9-13(22-16-14)11-18-4-7-20-8-5-18/h9,12H,2-8,10-11H2,1H3/t12-/m0/s1. The maximum atomic E-state index is 12.4. The fraction of sp³-hybridized carbons (Fsp3) is 0.733. The molecule has 0 aromatic carbocycles. The van der Waals surface area contributed by atoms with Crippen molar-refractivity contribution in [1.82, 2.24) is 15.0 Å². The van der Waals surface area contributed by atoms with E-state index in [-0.39, 0.29) is 12.0 Å². The zero-order chi connectivity index (χ0) is 15.4. The Hall–Kier alpha value is -1.44. The number of carbonyl (C=O) groups excluding carboxylic acids is 1. The Morgan fingerprint density at radius 1 is 1.41 bits per heavy atom. The van der Waals surface area contributed by atoms with Crippen molar-refractivity contribution < 1.29 is 18.8 Å². The van der Waals surface area contributed by atoms with Gasteiger partial charge in [-0.05, 0) is 12.8 Å². The Morgan fingerprint density at radius 3 is 2.95 bits per heavy atom. The van der Waals surface area contributed by atoms with Crippen LogP contribution in [-0.4, -0.2) is 73.5 Å². The fourth-order valence-electron chi connectivity index (χ4n) is 2.84. The predicted molar refractivity (Wildman–Crippen MR) is 78.5 cm³/mol. The molecule has 2 fully saturated rings. The summed E-state index contributed by atoms with van der Waals surface area (Å²) in [6.07, 6.45) is 2.23. The number of rotatable bonds is 5. The normalized spacial score (nSPS) is 22.9. The molecule has 1 atom stereocenters. The van der Waals surface area contributed by atoms with Gasteiger partial charge in [-0.25, -0.2) is 0 Å². The van der Waals surface area contributed by atoms with E-state index in [2.05, 4.69) is 10.1 Å². The molecule has 3 rings (SSSR count). The molecule has 1 aromatic heterocycles. The number of carbonyl (C=O) groups is 1. The monoisotopic (exact) mass is 309 g/mol. The molecule has 2 aliphatic heterocycles. The summed E-state index contributed by atoms with van der Waals surface area (Å²) in [5.74, 6) is 0.600. The molecule has 7 heteroatoms. The molecular formula is C15H23N3O4. The summed E-state index contributed by atoms with van der Waals surface area (Å²) in [5, 5.41) is 3.91. The van der Waals surface area contributed by atoms with Crippen LogP contribution in [0.2, 0.25) is 0 Å². The van der Waals surface area contributed by atoms with E-state index in [4.69, 9.17) is 14.0 Å². The second-order valence-corrected chi connectivity index (χ2v) is 5.89. The third-order valence-corrected chi connectivity index (χ3v) is 4.11. The lowest BCUT2D eigenvalue weighted by Crippen LogP contribution is -2.35. The van der Waals surface area contributed by atoms with E-state index in [0.717, 1.165) is 51.5 Å². The highest BCUT2D eigenvalue weighted by Gasteiger charge is 2.23. The summed E-state index contributed by atoms with van der Waals surface area (Å²) in [6.45, 7) is 5.30. The van der Waals surface area contributed by atoms with Crippen molar-refractivity contribution in [1.29, 1.82) is 0 Å². The average molecular weight is 309 g/mol. The molecule has 122 valence electrons. The lowest BCUT2D eigenvalue weighted by molar-refractivity contribution is 0.0305. The molecule has 7 nitrogen and oxygen atoms in total.